The van der Waals surface area contributed by atoms with Gasteiger partial charge in [0.1, 0.15) is 12.5 Å². The van der Waals surface area contributed by atoms with E-state index in [1.165, 1.54) is 25.3 Å². The number of benzene rings is 1. The molecule has 0 saturated heterocycles. The molecule has 1 N–H and O–H groups in total. The second-order valence-corrected chi connectivity index (χ2v) is 9.61. The number of esters is 2. The molecule has 0 bridgehead atoms. The van der Waals surface area contributed by atoms with Gasteiger partial charge in [0.2, 0.25) is 0 Å². The Kier molecular flexibility index (Phi) is 8.14. The largest absolute Gasteiger partial charge is 0.468 e. The number of non-ortho nitro benzene ring substituents is 1. The van der Waals surface area contributed by atoms with Gasteiger partial charge in [-0.05, 0) is 30.6 Å². The molecule has 1 aromatic rings. The summed E-state index contributed by atoms with van der Waals surface area (Å²) in [6, 6.07) is 5.85. The summed E-state index contributed by atoms with van der Waals surface area (Å²) in [4.78, 5) is 50.2. The van der Waals surface area contributed by atoms with Crippen molar-refractivity contribution >= 4 is 35.2 Å². The summed E-state index contributed by atoms with van der Waals surface area (Å²) in [6.45, 7) is 5.70. The normalized spacial score (nSPS) is 22.1. The molecule has 0 spiro atoms. The number of nitro benzene ring substituents is 1. The number of methoxy groups -OCH3 is 1. The molecule has 0 saturated carbocycles. The van der Waals surface area contributed by atoms with Crippen LogP contribution in [-0.4, -0.2) is 47.9 Å². The number of dihydropyridines is 1. The number of hydrogen-bond acceptors (Lipinski definition) is 9. The lowest BCUT2D eigenvalue weighted by atomic mass is 9.69. The van der Waals surface area contributed by atoms with E-state index < -0.39 is 34.5 Å². The topological polar surface area (TPSA) is 125 Å². The van der Waals surface area contributed by atoms with Crippen molar-refractivity contribution in [2.24, 2.45) is 11.8 Å². The van der Waals surface area contributed by atoms with Crippen molar-refractivity contribution in [1.29, 1.82) is 0 Å². The fourth-order valence-corrected chi connectivity index (χ4v) is 5.01. The Morgan fingerprint density at radius 3 is 2.71 bits per heavy atom. The third-order valence-corrected chi connectivity index (χ3v) is 6.91. The molecule has 182 valence electrons. The van der Waals surface area contributed by atoms with Crippen LogP contribution in [-0.2, 0) is 23.9 Å². The van der Waals surface area contributed by atoms with Gasteiger partial charge < -0.3 is 14.8 Å². The first-order chi connectivity index (χ1) is 16.2. The van der Waals surface area contributed by atoms with Crippen LogP contribution in [0.5, 0.6) is 0 Å². The van der Waals surface area contributed by atoms with E-state index in [0.29, 0.717) is 29.1 Å². The molecule has 2 aliphatic rings. The van der Waals surface area contributed by atoms with Gasteiger partial charge in [0.05, 0.1) is 17.6 Å². The van der Waals surface area contributed by atoms with Gasteiger partial charge >= 0.3 is 11.9 Å². The molecule has 0 aromatic heterocycles. The number of Topliss-reactive ketones (excluding diaryl/α,β-unsaturated/α-hetero) is 1. The first kappa shape index (κ1) is 25.5. The summed E-state index contributed by atoms with van der Waals surface area (Å²) in [5.41, 5.74) is 1.81. The molecule has 10 heteroatoms. The van der Waals surface area contributed by atoms with E-state index in [4.69, 9.17) is 9.47 Å². The number of carbonyl (C=O) groups is 3. The monoisotopic (exact) mass is 488 g/mol. The number of hydrogen-bond donors (Lipinski definition) is 1. The first-order valence-corrected chi connectivity index (χ1v) is 12.2. The molecule has 0 radical (unpaired) electrons. The van der Waals surface area contributed by atoms with Gasteiger partial charge in [-0.2, -0.15) is 11.8 Å². The highest BCUT2D eigenvalue weighted by atomic mass is 32.2. The first-order valence-electron chi connectivity index (χ1n) is 11.0. The molecule has 1 aliphatic carbocycles. The minimum absolute atomic E-state index is 0.163. The Balaban J connectivity index is 2.12. The van der Waals surface area contributed by atoms with Crippen LogP contribution >= 0.6 is 11.8 Å². The highest BCUT2D eigenvalue weighted by Crippen LogP contribution is 2.45. The van der Waals surface area contributed by atoms with Gasteiger partial charge in [-0.1, -0.05) is 26.0 Å². The third-order valence-electron chi connectivity index (χ3n) is 6.04. The Morgan fingerprint density at radius 1 is 1.32 bits per heavy atom. The molecule has 1 heterocycles. The number of nitrogens with zero attached hydrogens (tertiary/aromatic N) is 1. The van der Waals surface area contributed by atoms with Crippen LogP contribution in [0.1, 0.15) is 38.7 Å². The standard InChI is InChI=1S/C24H28N2O7S/c1-5-34-10-9-33-24(29)19-14(3)25-17-11-13(2)18(23(28)32-4)22(27)21(17)20(19)15-7-6-8-16(12-15)26(30)31/h6-8,12-13,18,20,25H,5,9-11H2,1-4H3/t13-,18-,20-/m1/s1. The average Bonchev–Trinajstić information content (AvgIpc) is 2.80. The minimum Gasteiger partial charge on any atom is -0.468 e. The summed E-state index contributed by atoms with van der Waals surface area (Å²) in [7, 11) is 1.23. The second kappa shape index (κ2) is 10.9. The van der Waals surface area contributed by atoms with E-state index in [2.05, 4.69) is 5.32 Å². The predicted octanol–water partition coefficient (Wildman–Crippen LogP) is 3.50. The summed E-state index contributed by atoms with van der Waals surface area (Å²) in [5, 5.41) is 14.6. The van der Waals surface area contributed by atoms with Crippen molar-refractivity contribution in [1.82, 2.24) is 5.32 Å². The Hall–Kier alpha value is -3.14. The second-order valence-electron chi connectivity index (χ2n) is 8.22. The zero-order valence-electron chi connectivity index (χ0n) is 19.6. The summed E-state index contributed by atoms with van der Waals surface area (Å²) in [6.07, 6.45) is 0.388. The molecule has 0 unspecified atom stereocenters. The number of carbonyl (C=O) groups excluding carboxylic acids is 3. The lowest BCUT2D eigenvalue weighted by Gasteiger charge is -2.38. The van der Waals surface area contributed by atoms with E-state index in [0.717, 1.165) is 5.75 Å². The molecule has 0 fully saturated rings. The van der Waals surface area contributed by atoms with Crippen LogP contribution in [0.4, 0.5) is 5.69 Å². The van der Waals surface area contributed by atoms with Crippen molar-refractivity contribution in [2.45, 2.75) is 33.1 Å². The van der Waals surface area contributed by atoms with Gasteiger partial charge in [-0.25, -0.2) is 4.79 Å². The number of ketones is 1. The number of allylic oxidation sites excluding steroid dienone is 3. The van der Waals surface area contributed by atoms with Crippen LogP contribution in [0.15, 0.2) is 46.8 Å². The van der Waals surface area contributed by atoms with Crippen LogP contribution in [0.25, 0.3) is 0 Å². The highest BCUT2D eigenvalue weighted by molar-refractivity contribution is 7.99. The average molecular weight is 489 g/mol. The van der Waals surface area contributed by atoms with Crippen molar-refractivity contribution in [3.63, 3.8) is 0 Å². The number of ether oxygens (including phenoxy) is 2. The van der Waals surface area contributed by atoms with Crippen LogP contribution < -0.4 is 5.32 Å². The summed E-state index contributed by atoms with van der Waals surface area (Å²) in [5.74, 6) is -2.45. The Morgan fingerprint density at radius 2 is 2.06 bits per heavy atom. The van der Waals surface area contributed by atoms with Gasteiger partial charge in [0.25, 0.3) is 5.69 Å². The summed E-state index contributed by atoms with van der Waals surface area (Å²) < 4.78 is 10.4. The van der Waals surface area contributed by atoms with Crippen molar-refractivity contribution in [3.05, 3.63) is 62.5 Å². The molecule has 1 aromatic carbocycles. The van der Waals surface area contributed by atoms with Crippen LogP contribution in [0.3, 0.4) is 0 Å². The maximum absolute atomic E-state index is 13.6. The van der Waals surface area contributed by atoms with E-state index in [-0.39, 0.29) is 29.4 Å². The lowest BCUT2D eigenvalue weighted by molar-refractivity contribution is -0.384. The Bertz CT molecular complexity index is 1080. The van der Waals surface area contributed by atoms with E-state index in [1.807, 2.05) is 6.92 Å². The van der Waals surface area contributed by atoms with Gasteiger partial charge in [0.15, 0.2) is 5.78 Å². The molecular weight excluding hydrogens is 460 g/mol. The molecule has 3 atom stereocenters. The molecular formula is C24H28N2O7S. The summed E-state index contributed by atoms with van der Waals surface area (Å²) >= 11 is 1.63. The number of rotatable bonds is 8. The van der Waals surface area contributed by atoms with Gasteiger partial charge in [-0.15, -0.1) is 0 Å². The number of thioether (sulfide) groups is 1. The molecule has 3 rings (SSSR count). The predicted molar refractivity (Wildman–Crippen MR) is 127 cm³/mol. The van der Waals surface area contributed by atoms with Gasteiger partial charge in [-0.3, -0.25) is 19.7 Å². The molecule has 1 aliphatic heterocycles. The quantitative estimate of drug-likeness (QED) is 0.192. The number of nitrogens with one attached hydrogen (secondary N) is 1. The zero-order valence-corrected chi connectivity index (χ0v) is 20.4. The zero-order chi connectivity index (χ0) is 25.0. The third kappa shape index (κ3) is 5.01. The fourth-order valence-electron chi connectivity index (χ4n) is 4.52. The molecule has 9 nitrogen and oxygen atoms in total. The maximum Gasteiger partial charge on any atom is 0.336 e. The Labute approximate surface area is 202 Å². The van der Waals surface area contributed by atoms with E-state index >= 15 is 0 Å². The maximum atomic E-state index is 13.6. The van der Waals surface area contributed by atoms with Gasteiger partial charge in [0, 0.05) is 40.8 Å². The van der Waals surface area contributed by atoms with Crippen molar-refractivity contribution in [3.8, 4) is 0 Å². The minimum atomic E-state index is -1.02. The van der Waals surface area contributed by atoms with Crippen molar-refractivity contribution < 1.29 is 28.8 Å². The van der Waals surface area contributed by atoms with E-state index in [1.54, 1.807) is 31.7 Å². The van der Waals surface area contributed by atoms with Crippen LogP contribution in [0, 0.1) is 22.0 Å². The lowest BCUT2D eigenvalue weighted by Crippen LogP contribution is -2.43. The fraction of sp³-hybridized carbons (Fsp3) is 0.458. The van der Waals surface area contributed by atoms with Crippen molar-refractivity contribution in [2.75, 3.05) is 25.2 Å². The highest BCUT2D eigenvalue weighted by Gasteiger charge is 2.47. The molecule has 0 amide bonds. The van der Waals surface area contributed by atoms with E-state index in [9.17, 15) is 24.5 Å². The molecule has 34 heavy (non-hydrogen) atoms. The SMILES string of the molecule is CCSCCOC(=O)C1=C(C)NC2=C(C(=O)[C@H](C(=O)OC)[C@H](C)C2)[C@@H]1c1cccc([N+](=O)[O-])c1. The van der Waals surface area contributed by atoms with Crippen LogP contribution in [0.2, 0.25) is 0 Å². The smallest absolute Gasteiger partial charge is 0.336 e. The number of nitro groups is 1.